The lowest BCUT2D eigenvalue weighted by Crippen LogP contribution is -2.32. The zero-order valence-corrected chi connectivity index (χ0v) is 9.26. The molecular weight excluding hydrogens is 158 g/mol. The van der Waals surface area contributed by atoms with E-state index < -0.39 is 0 Å². The molecular formula is C12H25N. The Morgan fingerprint density at radius 3 is 2.23 bits per heavy atom. The van der Waals surface area contributed by atoms with Crippen molar-refractivity contribution in [3.63, 3.8) is 0 Å². The summed E-state index contributed by atoms with van der Waals surface area (Å²) in [5.41, 5.74) is 6.07. The molecule has 1 aliphatic rings. The molecule has 0 amide bonds. The molecule has 13 heavy (non-hydrogen) atoms. The lowest BCUT2D eigenvalue weighted by molar-refractivity contribution is 0.231. The molecule has 1 heteroatoms. The topological polar surface area (TPSA) is 26.0 Å². The van der Waals surface area contributed by atoms with Gasteiger partial charge < -0.3 is 5.73 Å². The highest BCUT2D eigenvalue weighted by atomic mass is 14.6. The van der Waals surface area contributed by atoms with E-state index in [-0.39, 0.29) is 0 Å². The molecule has 0 aromatic rings. The molecule has 1 nitrogen and oxygen atoms in total. The normalized spacial score (nSPS) is 31.6. The molecule has 1 saturated carbocycles. The molecule has 2 N–H and O–H groups in total. The van der Waals surface area contributed by atoms with Gasteiger partial charge in [-0.3, -0.25) is 0 Å². The van der Waals surface area contributed by atoms with Gasteiger partial charge in [-0.05, 0) is 31.1 Å². The van der Waals surface area contributed by atoms with Crippen molar-refractivity contribution in [3.05, 3.63) is 0 Å². The molecule has 1 fully saturated rings. The van der Waals surface area contributed by atoms with Crippen molar-refractivity contribution in [2.45, 2.75) is 64.8 Å². The maximum Gasteiger partial charge on any atom is 0.00645 e. The predicted octanol–water partition coefficient (Wildman–Crippen LogP) is 3.33. The molecule has 1 unspecified atom stereocenters. The van der Waals surface area contributed by atoms with Crippen molar-refractivity contribution in [1.82, 2.24) is 0 Å². The first-order valence-electron chi connectivity index (χ1n) is 6.03. The standard InChI is InChI=1S/C12H25N/c1-3-5-10-6-8-11(9-7-10)12(13)4-2/h10-12H,3-9,13H2,1-2H3. The van der Waals surface area contributed by atoms with E-state index in [0.29, 0.717) is 6.04 Å². The maximum absolute atomic E-state index is 6.07. The lowest BCUT2D eigenvalue weighted by Gasteiger charge is -2.31. The minimum Gasteiger partial charge on any atom is -0.327 e. The van der Waals surface area contributed by atoms with Crippen molar-refractivity contribution in [2.75, 3.05) is 0 Å². The molecule has 0 heterocycles. The van der Waals surface area contributed by atoms with Crippen LogP contribution >= 0.6 is 0 Å². The molecule has 0 aromatic carbocycles. The van der Waals surface area contributed by atoms with Crippen LogP contribution in [0, 0.1) is 11.8 Å². The van der Waals surface area contributed by atoms with Gasteiger partial charge in [0.1, 0.15) is 0 Å². The molecule has 1 atom stereocenters. The number of hydrogen-bond acceptors (Lipinski definition) is 1. The zero-order chi connectivity index (χ0) is 9.68. The third kappa shape index (κ3) is 3.30. The van der Waals surface area contributed by atoms with E-state index in [2.05, 4.69) is 13.8 Å². The van der Waals surface area contributed by atoms with Crippen LogP contribution in [0.4, 0.5) is 0 Å². The summed E-state index contributed by atoms with van der Waals surface area (Å²) in [6.07, 6.45) is 9.60. The molecule has 0 bridgehead atoms. The lowest BCUT2D eigenvalue weighted by atomic mass is 9.77. The molecule has 0 spiro atoms. The average Bonchev–Trinajstić information content (AvgIpc) is 2.18. The maximum atomic E-state index is 6.07. The van der Waals surface area contributed by atoms with E-state index in [4.69, 9.17) is 5.73 Å². The van der Waals surface area contributed by atoms with Gasteiger partial charge in [0.05, 0.1) is 0 Å². The van der Waals surface area contributed by atoms with E-state index in [1.807, 2.05) is 0 Å². The Bertz CT molecular complexity index is 125. The number of nitrogens with two attached hydrogens (primary N) is 1. The van der Waals surface area contributed by atoms with Crippen LogP contribution in [0.1, 0.15) is 58.8 Å². The quantitative estimate of drug-likeness (QED) is 0.711. The SMILES string of the molecule is CCCC1CCC(C(N)CC)CC1. The minimum absolute atomic E-state index is 0.475. The second-order valence-electron chi connectivity index (χ2n) is 4.64. The van der Waals surface area contributed by atoms with Crippen LogP contribution in [0.3, 0.4) is 0 Å². The Morgan fingerprint density at radius 1 is 1.15 bits per heavy atom. The summed E-state index contributed by atoms with van der Waals surface area (Å²) in [6, 6.07) is 0.475. The van der Waals surface area contributed by atoms with Gasteiger partial charge in [-0.1, -0.05) is 39.5 Å². The van der Waals surface area contributed by atoms with Crippen molar-refractivity contribution in [3.8, 4) is 0 Å². The molecule has 1 rings (SSSR count). The van der Waals surface area contributed by atoms with Gasteiger partial charge in [-0.2, -0.15) is 0 Å². The van der Waals surface area contributed by atoms with Gasteiger partial charge >= 0.3 is 0 Å². The Balaban J connectivity index is 2.22. The summed E-state index contributed by atoms with van der Waals surface area (Å²) in [6.45, 7) is 4.51. The Kier molecular flexibility index (Phi) is 4.79. The van der Waals surface area contributed by atoms with Crippen molar-refractivity contribution in [1.29, 1.82) is 0 Å². The van der Waals surface area contributed by atoms with E-state index >= 15 is 0 Å². The molecule has 1 aliphatic carbocycles. The average molecular weight is 183 g/mol. The highest BCUT2D eigenvalue weighted by Crippen LogP contribution is 2.33. The summed E-state index contributed by atoms with van der Waals surface area (Å²) in [5, 5.41) is 0. The number of rotatable bonds is 4. The molecule has 0 aromatic heterocycles. The minimum atomic E-state index is 0.475. The first-order valence-corrected chi connectivity index (χ1v) is 6.03. The van der Waals surface area contributed by atoms with Crippen LogP contribution in [0.25, 0.3) is 0 Å². The highest BCUT2D eigenvalue weighted by molar-refractivity contribution is 4.78. The van der Waals surface area contributed by atoms with E-state index in [1.165, 1.54) is 38.5 Å². The van der Waals surface area contributed by atoms with Gasteiger partial charge in [-0.15, -0.1) is 0 Å². The third-order valence-electron chi connectivity index (χ3n) is 3.67. The van der Waals surface area contributed by atoms with Gasteiger partial charge in [-0.25, -0.2) is 0 Å². The summed E-state index contributed by atoms with van der Waals surface area (Å²) < 4.78 is 0. The van der Waals surface area contributed by atoms with E-state index in [9.17, 15) is 0 Å². The van der Waals surface area contributed by atoms with Crippen LogP contribution in [-0.2, 0) is 0 Å². The Hall–Kier alpha value is -0.0400. The third-order valence-corrected chi connectivity index (χ3v) is 3.67. The van der Waals surface area contributed by atoms with Crippen LogP contribution in [0.15, 0.2) is 0 Å². The fourth-order valence-corrected chi connectivity index (χ4v) is 2.65. The fourth-order valence-electron chi connectivity index (χ4n) is 2.65. The van der Waals surface area contributed by atoms with E-state index in [1.54, 1.807) is 0 Å². The smallest absolute Gasteiger partial charge is 0.00645 e. The summed E-state index contributed by atoms with van der Waals surface area (Å²) in [7, 11) is 0. The first kappa shape index (κ1) is 11.0. The van der Waals surface area contributed by atoms with Crippen molar-refractivity contribution in [2.24, 2.45) is 17.6 Å². The van der Waals surface area contributed by atoms with E-state index in [0.717, 1.165) is 18.3 Å². The van der Waals surface area contributed by atoms with Crippen LogP contribution in [0.5, 0.6) is 0 Å². The molecule has 0 radical (unpaired) electrons. The second kappa shape index (κ2) is 5.64. The summed E-state index contributed by atoms with van der Waals surface area (Å²) >= 11 is 0. The van der Waals surface area contributed by atoms with Crippen LogP contribution in [0.2, 0.25) is 0 Å². The Morgan fingerprint density at radius 2 is 1.77 bits per heavy atom. The monoisotopic (exact) mass is 183 g/mol. The van der Waals surface area contributed by atoms with Crippen LogP contribution in [-0.4, -0.2) is 6.04 Å². The zero-order valence-electron chi connectivity index (χ0n) is 9.26. The molecule has 78 valence electrons. The predicted molar refractivity (Wildman–Crippen MR) is 58.6 cm³/mol. The van der Waals surface area contributed by atoms with Gasteiger partial charge in [0.2, 0.25) is 0 Å². The van der Waals surface area contributed by atoms with Gasteiger partial charge in [0.25, 0.3) is 0 Å². The number of hydrogen-bond donors (Lipinski definition) is 1. The van der Waals surface area contributed by atoms with Gasteiger partial charge in [0.15, 0.2) is 0 Å². The van der Waals surface area contributed by atoms with Crippen molar-refractivity contribution < 1.29 is 0 Å². The second-order valence-corrected chi connectivity index (χ2v) is 4.64. The fraction of sp³-hybridized carbons (Fsp3) is 1.00. The van der Waals surface area contributed by atoms with Gasteiger partial charge in [0, 0.05) is 6.04 Å². The largest absolute Gasteiger partial charge is 0.327 e. The summed E-state index contributed by atoms with van der Waals surface area (Å²) in [4.78, 5) is 0. The molecule has 0 aliphatic heterocycles. The van der Waals surface area contributed by atoms with Crippen LogP contribution < -0.4 is 5.73 Å². The summed E-state index contributed by atoms with van der Waals surface area (Å²) in [5.74, 6) is 1.85. The highest BCUT2D eigenvalue weighted by Gasteiger charge is 2.23. The first-order chi connectivity index (χ1) is 6.27. The van der Waals surface area contributed by atoms with Crippen molar-refractivity contribution >= 4 is 0 Å². The Labute approximate surface area is 83.1 Å². The molecule has 0 saturated heterocycles.